The van der Waals surface area contributed by atoms with Crippen LogP contribution in [0.3, 0.4) is 0 Å². The number of aromatic nitrogens is 2. The maximum absolute atomic E-state index is 5.90. The Labute approximate surface area is 102 Å². The molecule has 0 amide bonds. The highest BCUT2D eigenvalue weighted by molar-refractivity contribution is 9.08. The van der Waals surface area contributed by atoms with Crippen molar-refractivity contribution in [3.05, 3.63) is 46.7 Å². The van der Waals surface area contributed by atoms with Gasteiger partial charge >= 0.3 is 0 Å². The molecule has 1 heterocycles. The maximum atomic E-state index is 5.90. The van der Waals surface area contributed by atoms with Crippen molar-refractivity contribution in [3.63, 3.8) is 0 Å². The lowest BCUT2D eigenvalue weighted by Gasteiger charge is -2.05. The van der Waals surface area contributed by atoms with Crippen molar-refractivity contribution >= 4 is 27.5 Å². The summed E-state index contributed by atoms with van der Waals surface area (Å²) in [5.41, 5.74) is 3.20. The normalized spacial score (nSPS) is 10.6. The number of hydrogen-bond donors (Lipinski definition) is 0. The van der Waals surface area contributed by atoms with Crippen LogP contribution >= 0.6 is 27.5 Å². The quantitative estimate of drug-likeness (QED) is 0.769. The van der Waals surface area contributed by atoms with E-state index in [9.17, 15) is 0 Å². The molecular weight excluding hydrogens is 275 g/mol. The highest BCUT2D eigenvalue weighted by Gasteiger charge is 2.03. The fourth-order valence-electron chi connectivity index (χ4n) is 1.44. The van der Waals surface area contributed by atoms with Gasteiger partial charge in [0.2, 0.25) is 0 Å². The predicted molar refractivity (Wildman–Crippen MR) is 65.9 cm³/mol. The highest BCUT2D eigenvalue weighted by atomic mass is 79.9. The summed E-state index contributed by atoms with van der Waals surface area (Å²) >= 11 is 9.28. The van der Waals surface area contributed by atoms with Crippen molar-refractivity contribution in [1.82, 2.24) is 9.78 Å². The zero-order chi connectivity index (χ0) is 10.8. The third-order valence-corrected chi connectivity index (χ3v) is 3.00. The summed E-state index contributed by atoms with van der Waals surface area (Å²) in [6.07, 6.45) is 1.95. The van der Waals surface area contributed by atoms with Crippen LogP contribution in [0.1, 0.15) is 11.3 Å². The van der Waals surface area contributed by atoms with Crippen molar-refractivity contribution in [2.45, 2.75) is 12.3 Å². The Hall–Kier alpha value is -0.800. The van der Waals surface area contributed by atoms with E-state index in [4.69, 9.17) is 11.6 Å². The van der Waals surface area contributed by atoms with Gasteiger partial charge in [-0.3, -0.25) is 0 Å². The molecule has 0 aliphatic carbocycles. The lowest BCUT2D eigenvalue weighted by molar-refractivity contribution is 0.854. The molecule has 0 unspecified atom stereocenters. The van der Waals surface area contributed by atoms with Crippen molar-refractivity contribution in [2.24, 2.45) is 0 Å². The monoisotopic (exact) mass is 284 g/mol. The van der Waals surface area contributed by atoms with E-state index < -0.39 is 0 Å². The number of benzene rings is 1. The van der Waals surface area contributed by atoms with E-state index in [1.807, 2.05) is 42.1 Å². The van der Waals surface area contributed by atoms with E-state index in [0.29, 0.717) is 0 Å². The van der Waals surface area contributed by atoms with Crippen LogP contribution < -0.4 is 0 Å². The van der Waals surface area contributed by atoms with Gasteiger partial charge in [0.05, 0.1) is 11.4 Å². The minimum atomic E-state index is 0.754. The summed E-state index contributed by atoms with van der Waals surface area (Å²) in [7, 11) is 0. The molecule has 2 aromatic rings. The van der Waals surface area contributed by atoms with Crippen LogP contribution in [-0.4, -0.2) is 9.78 Å². The fraction of sp³-hybridized carbons (Fsp3) is 0.182. The van der Waals surface area contributed by atoms with Gasteiger partial charge in [-0.15, -0.1) is 0 Å². The van der Waals surface area contributed by atoms with Gasteiger partial charge in [0.25, 0.3) is 0 Å². The van der Waals surface area contributed by atoms with Crippen LogP contribution in [0, 0.1) is 6.92 Å². The van der Waals surface area contributed by atoms with Crippen molar-refractivity contribution < 1.29 is 0 Å². The van der Waals surface area contributed by atoms with E-state index in [1.54, 1.807) is 0 Å². The van der Waals surface area contributed by atoms with Crippen LogP contribution in [0.4, 0.5) is 0 Å². The van der Waals surface area contributed by atoms with Gasteiger partial charge in [-0.25, -0.2) is 4.68 Å². The van der Waals surface area contributed by atoms with Crippen LogP contribution in [0.5, 0.6) is 0 Å². The molecular formula is C11H10BrClN2. The molecule has 0 aliphatic rings. The van der Waals surface area contributed by atoms with E-state index >= 15 is 0 Å². The van der Waals surface area contributed by atoms with E-state index in [1.165, 1.54) is 0 Å². The first-order chi connectivity index (χ1) is 7.20. The first kappa shape index (κ1) is 10.7. The van der Waals surface area contributed by atoms with E-state index in [0.717, 1.165) is 27.3 Å². The second-order valence-electron chi connectivity index (χ2n) is 3.32. The zero-order valence-corrected chi connectivity index (χ0v) is 10.6. The van der Waals surface area contributed by atoms with Crippen LogP contribution in [0.15, 0.2) is 30.5 Å². The first-order valence-corrected chi connectivity index (χ1v) is 6.07. The number of alkyl halides is 1. The minimum absolute atomic E-state index is 0.754. The number of aryl methyl sites for hydroxylation is 1. The summed E-state index contributed by atoms with van der Waals surface area (Å²) in [5.74, 6) is 0. The average molecular weight is 286 g/mol. The van der Waals surface area contributed by atoms with Gasteiger partial charge in [0.15, 0.2) is 0 Å². The largest absolute Gasteiger partial charge is 0.240 e. The van der Waals surface area contributed by atoms with Gasteiger partial charge in [-0.05, 0) is 36.8 Å². The average Bonchev–Trinajstić information content (AvgIpc) is 2.66. The van der Waals surface area contributed by atoms with E-state index in [2.05, 4.69) is 21.0 Å². The second-order valence-corrected chi connectivity index (χ2v) is 4.31. The molecule has 0 bridgehead atoms. The molecule has 2 nitrogen and oxygen atoms in total. The lowest BCUT2D eigenvalue weighted by Crippen LogP contribution is -1.98. The van der Waals surface area contributed by atoms with Crippen molar-refractivity contribution in [3.8, 4) is 5.69 Å². The third-order valence-electron chi connectivity index (χ3n) is 2.19. The molecule has 0 saturated heterocycles. The zero-order valence-electron chi connectivity index (χ0n) is 8.24. The molecule has 1 aromatic heterocycles. The summed E-state index contributed by atoms with van der Waals surface area (Å²) in [4.78, 5) is 0. The van der Waals surface area contributed by atoms with Gasteiger partial charge in [0, 0.05) is 16.5 Å². The van der Waals surface area contributed by atoms with E-state index in [-0.39, 0.29) is 0 Å². The summed E-state index contributed by atoms with van der Waals surface area (Å²) in [5, 5.41) is 5.94. The number of hydrogen-bond acceptors (Lipinski definition) is 1. The van der Waals surface area contributed by atoms with Gasteiger partial charge in [0.1, 0.15) is 0 Å². The SMILES string of the molecule is Cc1cc(Cl)ccc1-n1ccc(CBr)n1. The smallest absolute Gasteiger partial charge is 0.0734 e. The number of nitrogens with zero attached hydrogens (tertiary/aromatic N) is 2. The van der Waals surface area contributed by atoms with Gasteiger partial charge in [-0.1, -0.05) is 27.5 Å². The van der Waals surface area contributed by atoms with Crippen molar-refractivity contribution in [2.75, 3.05) is 0 Å². The Balaban J connectivity index is 2.44. The Morgan fingerprint density at radius 2 is 2.20 bits per heavy atom. The molecule has 2 rings (SSSR count). The molecule has 0 radical (unpaired) electrons. The maximum Gasteiger partial charge on any atom is 0.0734 e. The van der Waals surface area contributed by atoms with Crippen molar-refractivity contribution in [1.29, 1.82) is 0 Å². The molecule has 0 fully saturated rings. The Morgan fingerprint density at radius 3 is 2.80 bits per heavy atom. The van der Waals surface area contributed by atoms with Gasteiger partial charge in [-0.2, -0.15) is 5.10 Å². The molecule has 0 saturated carbocycles. The van der Waals surface area contributed by atoms with Crippen LogP contribution in [0.25, 0.3) is 5.69 Å². The molecule has 78 valence electrons. The van der Waals surface area contributed by atoms with Gasteiger partial charge < -0.3 is 0 Å². The minimum Gasteiger partial charge on any atom is -0.240 e. The summed E-state index contributed by atoms with van der Waals surface area (Å²) < 4.78 is 1.86. The lowest BCUT2D eigenvalue weighted by atomic mass is 10.2. The molecule has 0 aliphatic heterocycles. The summed E-state index contributed by atoms with van der Waals surface area (Å²) in [6.45, 7) is 2.02. The summed E-state index contributed by atoms with van der Waals surface area (Å²) in [6, 6.07) is 7.78. The third kappa shape index (κ3) is 2.24. The Morgan fingerprint density at radius 1 is 1.40 bits per heavy atom. The van der Waals surface area contributed by atoms with Crippen LogP contribution in [-0.2, 0) is 5.33 Å². The highest BCUT2D eigenvalue weighted by Crippen LogP contribution is 2.18. The number of rotatable bonds is 2. The molecule has 0 spiro atoms. The molecule has 4 heteroatoms. The second kappa shape index (κ2) is 4.37. The Bertz CT molecular complexity index is 479. The molecule has 0 atom stereocenters. The molecule has 15 heavy (non-hydrogen) atoms. The molecule has 0 N–H and O–H groups in total. The first-order valence-electron chi connectivity index (χ1n) is 4.58. The fourth-order valence-corrected chi connectivity index (χ4v) is 1.97. The molecule has 1 aromatic carbocycles. The Kier molecular flexibility index (Phi) is 3.12. The van der Waals surface area contributed by atoms with Crippen LogP contribution in [0.2, 0.25) is 5.02 Å². The topological polar surface area (TPSA) is 17.8 Å². The number of halogens is 2. The predicted octanol–water partition coefficient (Wildman–Crippen LogP) is 3.73. The standard InChI is InChI=1S/C11H10BrClN2/c1-8-6-9(13)2-3-11(8)15-5-4-10(7-12)14-15/h2-6H,7H2,1H3.